The topological polar surface area (TPSA) is 127 Å². The van der Waals surface area contributed by atoms with E-state index in [4.69, 9.17) is 0 Å². The molecule has 0 aromatic carbocycles. The first-order valence-corrected chi connectivity index (χ1v) is 11.1. The Morgan fingerprint density at radius 1 is 1.36 bits per heavy atom. The van der Waals surface area contributed by atoms with E-state index in [1.54, 1.807) is 43.3 Å². The van der Waals surface area contributed by atoms with Crippen molar-refractivity contribution in [3.8, 4) is 0 Å². The van der Waals surface area contributed by atoms with Gasteiger partial charge in [0.25, 0.3) is 5.91 Å². The molecule has 10 nitrogen and oxygen atoms in total. The summed E-state index contributed by atoms with van der Waals surface area (Å²) in [6.07, 6.45) is 7.08. The van der Waals surface area contributed by atoms with E-state index in [1.807, 2.05) is 0 Å². The maximum atomic E-state index is 13.3. The molecule has 0 saturated heterocycles. The van der Waals surface area contributed by atoms with Crippen LogP contribution in [0.2, 0.25) is 0 Å². The van der Waals surface area contributed by atoms with Gasteiger partial charge in [0.05, 0.1) is 23.5 Å². The van der Waals surface area contributed by atoms with Crippen molar-refractivity contribution in [2.75, 3.05) is 17.7 Å². The number of allylic oxidation sites excluding steroid dienone is 2. The Labute approximate surface area is 190 Å². The summed E-state index contributed by atoms with van der Waals surface area (Å²) in [5, 5.41) is 34.4. The number of rotatable bonds is 6. The zero-order chi connectivity index (χ0) is 23.3. The molecule has 1 amide bonds. The number of alkyl halides is 1. The van der Waals surface area contributed by atoms with Crippen LogP contribution in [-0.4, -0.2) is 72.8 Å². The molecule has 33 heavy (non-hydrogen) atoms. The first-order chi connectivity index (χ1) is 15.8. The van der Waals surface area contributed by atoms with Crippen LogP contribution in [0.1, 0.15) is 43.0 Å². The molecule has 2 fully saturated rings. The molecule has 176 valence electrons. The van der Waals surface area contributed by atoms with Crippen molar-refractivity contribution in [3.63, 3.8) is 0 Å². The van der Waals surface area contributed by atoms with Gasteiger partial charge in [-0.3, -0.25) is 4.79 Å². The number of nitrogens with zero attached hydrogens (tertiary/aromatic N) is 4. The van der Waals surface area contributed by atoms with Crippen molar-refractivity contribution in [1.29, 1.82) is 0 Å². The van der Waals surface area contributed by atoms with Gasteiger partial charge in [-0.15, -0.1) is 0 Å². The quantitative estimate of drug-likeness (QED) is 0.440. The number of carbonyl (C=O) groups excluding carboxylic acids is 1. The number of hydrogen-bond donors (Lipinski definition) is 5. The van der Waals surface area contributed by atoms with Crippen molar-refractivity contribution in [2.45, 2.75) is 62.7 Å². The van der Waals surface area contributed by atoms with E-state index in [0.29, 0.717) is 48.7 Å². The van der Waals surface area contributed by atoms with Crippen LogP contribution < -0.4 is 16.0 Å². The van der Waals surface area contributed by atoms with Crippen LogP contribution in [0.5, 0.6) is 0 Å². The number of anilines is 2. The highest BCUT2D eigenvalue weighted by atomic mass is 19.1. The summed E-state index contributed by atoms with van der Waals surface area (Å²) in [6.45, 7) is 1.70. The summed E-state index contributed by atoms with van der Waals surface area (Å²) in [6, 6.07) is 1.35. The molecule has 1 unspecified atom stereocenters. The molecule has 2 aromatic rings. The third-order valence-electron chi connectivity index (χ3n) is 6.81. The standard InChI is InChI=1S/C22H28FN7O3/c1-22(33)6-5-16(22)27-20(31)14-11-25-30-18(24-2)10-17(28-19(14)30)26-15-4-3-7-29(21(15)32)13-8-12(23)9-13/h3-4,7,10-13,16,21,24,32-33H,5-6,8-9H2,1-2H3,(H,26,28)(H,27,31)/t12-,13-,16-,21?,22-/m0/s1. The second kappa shape index (κ2) is 7.99. The summed E-state index contributed by atoms with van der Waals surface area (Å²) >= 11 is 0. The highest BCUT2D eigenvalue weighted by Gasteiger charge is 2.42. The molecule has 0 spiro atoms. The van der Waals surface area contributed by atoms with Gasteiger partial charge in [0.2, 0.25) is 0 Å². The molecule has 2 aliphatic carbocycles. The van der Waals surface area contributed by atoms with E-state index < -0.39 is 18.0 Å². The van der Waals surface area contributed by atoms with Gasteiger partial charge in [0.15, 0.2) is 11.9 Å². The van der Waals surface area contributed by atoms with Crippen molar-refractivity contribution >= 4 is 23.2 Å². The Balaban J connectivity index is 1.39. The molecule has 0 bridgehead atoms. The second-order valence-electron chi connectivity index (χ2n) is 9.12. The van der Waals surface area contributed by atoms with Gasteiger partial charge in [-0.2, -0.15) is 9.61 Å². The molecule has 2 saturated carbocycles. The lowest BCUT2D eigenvalue weighted by Gasteiger charge is -2.43. The lowest BCUT2D eigenvalue weighted by atomic mass is 9.76. The predicted molar refractivity (Wildman–Crippen MR) is 120 cm³/mol. The van der Waals surface area contributed by atoms with Crippen LogP contribution >= 0.6 is 0 Å². The number of aromatic nitrogens is 3. The van der Waals surface area contributed by atoms with Gasteiger partial charge in [-0.25, -0.2) is 9.37 Å². The molecule has 3 aliphatic rings. The Morgan fingerprint density at radius 2 is 2.15 bits per heavy atom. The van der Waals surface area contributed by atoms with Crippen LogP contribution in [-0.2, 0) is 0 Å². The zero-order valence-electron chi connectivity index (χ0n) is 18.5. The molecule has 2 aromatic heterocycles. The largest absolute Gasteiger partial charge is 0.388 e. The van der Waals surface area contributed by atoms with E-state index in [0.717, 1.165) is 0 Å². The van der Waals surface area contributed by atoms with E-state index in [-0.39, 0.29) is 23.6 Å². The fourth-order valence-electron chi connectivity index (χ4n) is 4.45. The fourth-order valence-corrected chi connectivity index (χ4v) is 4.45. The first kappa shape index (κ1) is 21.7. The number of aliphatic hydroxyl groups excluding tert-OH is 1. The lowest BCUT2D eigenvalue weighted by Crippen LogP contribution is -2.58. The minimum Gasteiger partial charge on any atom is -0.388 e. The molecule has 1 aliphatic heterocycles. The number of amides is 1. The second-order valence-corrected chi connectivity index (χ2v) is 9.12. The van der Waals surface area contributed by atoms with Crippen LogP contribution in [0, 0.1) is 0 Å². The van der Waals surface area contributed by atoms with Crippen LogP contribution in [0.3, 0.4) is 0 Å². The monoisotopic (exact) mass is 457 g/mol. The van der Waals surface area contributed by atoms with Gasteiger partial charge in [-0.05, 0) is 44.8 Å². The van der Waals surface area contributed by atoms with Gasteiger partial charge in [-0.1, -0.05) is 0 Å². The third kappa shape index (κ3) is 3.80. The summed E-state index contributed by atoms with van der Waals surface area (Å²) in [5.74, 6) is 0.641. The Morgan fingerprint density at radius 3 is 2.79 bits per heavy atom. The molecule has 11 heteroatoms. The number of carbonyl (C=O) groups is 1. The third-order valence-corrected chi connectivity index (χ3v) is 6.81. The maximum absolute atomic E-state index is 13.3. The minimum atomic E-state index is -0.961. The molecule has 5 N–H and O–H groups in total. The summed E-state index contributed by atoms with van der Waals surface area (Å²) in [5.41, 5.74) is 0.189. The molecule has 3 atom stereocenters. The van der Waals surface area contributed by atoms with E-state index in [1.165, 1.54) is 10.7 Å². The van der Waals surface area contributed by atoms with Crippen LogP contribution in [0.15, 0.2) is 36.3 Å². The number of nitrogens with one attached hydrogen (secondary N) is 3. The van der Waals surface area contributed by atoms with Crippen LogP contribution in [0.25, 0.3) is 5.65 Å². The fraction of sp³-hybridized carbons (Fsp3) is 0.500. The normalized spacial score (nSPS) is 30.9. The van der Waals surface area contributed by atoms with Crippen molar-refractivity contribution < 1.29 is 19.4 Å². The minimum absolute atomic E-state index is 0.0473. The number of halogens is 1. The Kier molecular flexibility index (Phi) is 5.25. The summed E-state index contributed by atoms with van der Waals surface area (Å²) < 4.78 is 14.8. The van der Waals surface area contributed by atoms with Crippen molar-refractivity contribution in [3.05, 3.63) is 41.9 Å². The molecule has 0 radical (unpaired) electrons. The smallest absolute Gasteiger partial charge is 0.257 e. The molecule has 5 rings (SSSR count). The molecular weight excluding hydrogens is 429 g/mol. The van der Waals surface area contributed by atoms with Gasteiger partial charge < -0.3 is 31.1 Å². The lowest BCUT2D eigenvalue weighted by molar-refractivity contribution is -0.0486. The first-order valence-electron chi connectivity index (χ1n) is 11.1. The van der Waals surface area contributed by atoms with E-state index >= 15 is 0 Å². The molecular formula is C22H28FN7O3. The zero-order valence-corrected chi connectivity index (χ0v) is 18.5. The summed E-state index contributed by atoms with van der Waals surface area (Å²) in [7, 11) is 1.73. The van der Waals surface area contributed by atoms with Gasteiger partial charge in [0, 0.05) is 25.4 Å². The maximum Gasteiger partial charge on any atom is 0.257 e. The highest BCUT2D eigenvalue weighted by molar-refractivity contribution is 6.00. The van der Waals surface area contributed by atoms with Crippen molar-refractivity contribution in [1.82, 2.24) is 24.8 Å². The number of hydrogen-bond acceptors (Lipinski definition) is 8. The SMILES string of the molecule is CNc1cc(NC2=CC=CN([C@H]3C[C@H](F)C3)C2O)nc2c(C(=O)N[C@H]3CC[C@]3(C)O)cnn12. The summed E-state index contributed by atoms with van der Waals surface area (Å²) in [4.78, 5) is 19.2. The average molecular weight is 458 g/mol. The average Bonchev–Trinajstić information content (AvgIpc) is 3.19. The van der Waals surface area contributed by atoms with Crippen molar-refractivity contribution in [2.24, 2.45) is 0 Å². The molecule has 3 heterocycles. The van der Waals surface area contributed by atoms with Gasteiger partial charge >= 0.3 is 0 Å². The van der Waals surface area contributed by atoms with Gasteiger partial charge in [0.1, 0.15) is 23.4 Å². The van der Waals surface area contributed by atoms with E-state index in [9.17, 15) is 19.4 Å². The van der Waals surface area contributed by atoms with E-state index in [2.05, 4.69) is 26.0 Å². The highest BCUT2D eigenvalue weighted by Crippen LogP contribution is 2.33. The Bertz CT molecular complexity index is 1140. The number of fused-ring (bicyclic) bond motifs is 1. The van der Waals surface area contributed by atoms with Crippen LogP contribution in [0.4, 0.5) is 16.0 Å². The Hall–Kier alpha value is -3.18. The predicted octanol–water partition coefficient (Wildman–Crippen LogP) is 1.36. The number of aliphatic hydroxyl groups is 2.